The summed E-state index contributed by atoms with van der Waals surface area (Å²) in [5.74, 6) is -2.79. The number of hydrogen-bond acceptors (Lipinski definition) is 6. The average molecular weight is 370 g/mol. The number of carbonyl (C=O) groups excluding carboxylic acids is 2. The Kier molecular flexibility index (Phi) is 6.41. The van der Waals surface area contributed by atoms with Gasteiger partial charge in [-0.25, -0.2) is 23.4 Å². The zero-order valence-corrected chi connectivity index (χ0v) is 13.7. The van der Waals surface area contributed by atoms with Gasteiger partial charge in [0.15, 0.2) is 5.69 Å². The van der Waals surface area contributed by atoms with E-state index in [1.807, 2.05) is 0 Å². The number of hydrogen-bond donors (Lipinski definition) is 0. The molecule has 0 saturated heterocycles. The number of aromatic nitrogens is 1. The Bertz CT molecular complexity index is 674. The largest absolute Gasteiger partial charge is 0.465 e. The Hall–Kier alpha value is -2.30. The molecular weight excluding hydrogens is 355 g/mol. The molecule has 0 amide bonds. The van der Waals surface area contributed by atoms with Gasteiger partial charge in [-0.1, -0.05) is 0 Å². The number of methoxy groups -OCH3 is 2. The molecule has 0 atom stereocenters. The van der Waals surface area contributed by atoms with Crippen molar-refractivity contribution in [1.82, 2.24) is 9.88 Å². The van der Waals surface area contributed by atoms with Crippen molar-refractivity contribution in [2.45, 2.75) is 19.1 Å². The number of halogens is 5. The topological polar surface area (TPSA) is 68.7 Å². The standard InChI is InChI=1S/C14H15F5N2O4/c1-21(2)5-6-7(12(22)24-3)9(11(15)16)20-10(14(17,18)19)8(6)13(23)25-4/h11H,5H2,1-4H3. The molecule has 11 heteroatoms. The molecule has 1 aromatic heterocycles. The molecule has 1 rings (SSSR count). The molecule has 140 valence electrons. The van der Waals surface area contributed by atoms with Gasteiger partial charge >= 0.3 is 18.1 Å². The first-order valence-electron chi connectivity index (χ1n) is 6.69. The van der Waals surface area contributed by atoms with E-state index in [2.05, 4.69) is 14.5 Å². The summed E-state index contributed by atoms with van der Waals surface area (Å²) in [7, 11) is 4.52. The van der Waals surface area contributed by atoms with Gasteiger partial charge in [-0.3, -0.25) is 0 Å². The molecule has 0 saturated carbocycles. The summed E-state index contributed by atoms with van der Waals surface area (Å²) in [5.41, 5.74) is -5.85. The third kappa shape index (κ3) is 4.41. The molecule has 0 aliphatic heterocycles. The predicted molar refractivity (Wildman–Crippen MR) is 74.3 cm³/mol. The minimum Gasteiger partial charge on any atom is -0.465 e. The summed E-state index contributed by atoms with van der Waals surface area (Å²) in [4.78, 5) is 28.0. The van der Waals surface area contributed by atoms with Crippen molar-refractivity contribution in [3.8, 4) is 0 Å². The molecule has 0 radical (unpaired) electrons. The van der Waals surface area contributed by atoms with Crippen LogP contribution in [0.5, 0.6) is 0 Å². The maximum Gasteiger partial charge on any atom is 0.434 e. The van der Waals surface area contributed by atoms with E-state index in [0.29, 0.717) is 0 Å². The van der Waals surface area contributed by atoms with E-state index in [9.17, 15) is 31.5 Å². The second-order valence-corrected chi connectivity index (χ2v) is 5.09. The number of carbonyl (C=O) groups is 2. The number of pyridine rings is 1. The minimum absolute atomic E-state index is 0.430. The van der Waals surface area contributed by atoms with Crippen LogP contribution in [0.15, 0.2) is 0 Å². The maximum absolute atomic E-state index is 13.3. The van der Waals surface area contributed by atoms with Gasteiger partial charge in [-0.2, -0.15) is 13.2 Å². The molecule has 0 aromatic carbocycles. The fourth-order valence-corrected chi connectivity index (χ4v) is 2.14. The number of ether oxygens (including phenoxy) is 2. The van der Waals surface area contributed by atoms with E-state index >= 15 is 0 Å². The van der Waals surface area contributed by atoms with Crippen LogP contribution in [0.3, 0.4) is 0 Å². The molecule has 6 nitrogen and oxygen atoms in total. The highest BCUT2D eigenvalue weighted by Crippen LogP contribution is 2.37. The zero-order valence-electron chi connectivity index (χ0n) is 13.7. The Morgan fingerprint density at radius 1 is 1.08 bits per heavy atom. The SMILES string of the molecule is COC(=O)c1c(C(F)F)nc(C(F)(F)F)c(C(=O)OC)c1CN(C)C. The lowest BCUT2D eigenvalue weighted by Crippen LogP contribution is -2.27. The Balaban J connectivity index is 4.05. The van der Waals surface area contributed by atoms with Crippen molar-refractivity contribution in [2.24, 2.45) is 0 Å². The molecular formula is C14H15F5N2O4. The fraction of sp³-hybridized carbons (Fsp3) is 0.500. The van der Waals surface area contributed by atoms with Gasteiger partial charge in [0.2, 0.25) is 0 Å². The first kappa shape index (κ1) is 20.7. The molecule has 1 heterocycles. The molecule has 0 N–H and O–H groups in total. The molecule has 0 aliphatic rings. The normalized spacial score (nSPS) is 11.8. The summed E-state index contributed by atoms with van der Waals surface area (Å²) in [5, 5.41) is 0. The van der Waals surface area contributed by atoms with Crippen LogP contribution in [-0.4, -0.2) is 50.1 Å². The van der Waals surface area contributed by atoms with E-state index < -0.39 is 59.2 Å². The first-order chi connectivity index (χ1) is 11.4. The van der Waals surface area contributed by atoms with Crippen LogP contribution in [0.1, 0.15) is 44.1 Å². The molecule has 0 unspecified atom stereocenters. The van der Waals surface area contributed by atoms with Gasteiger partial charge in [-0.05, 0) is 19.7 Å². The molecule has 0 fully saturated rings. The molecule has 0 aliphatic carbocycles. The Morgan fingerprint density at radius 2 is 1.56 bits per heavy atom. The number of alkyl halides is 5. The van der Waals surface area contributed by atoms with Crippen molar-refractivity contribution in [2.75, 3.05) is 28.3 Å². The average Bonchev–Trinajstić information content (AvgIpc) is 2.50. The molecule has 0 bridgehead atoms. The summed E-state index contributed by atoms with van der Waals surface area (Å²) in [6.45, 7) is -0.430. The highest BCUT2D eigenvalue weighted by molar-refractivity contribution is 5.99. The number of nitrogens with zero attached hydrogens (tertiary/aromatic N) is 2. The summed E-state index contributed by atoms with van der Waals surface area (Å²) in [6, 6.07) is 0. The van der Waals surface area contributed by atoms with Crippen LogP contribution in [0, 0.1) is 0 Å². The third-order valence-corrected chi connectivity index (χ3v) is 3.06. The molecule has 1 aromatic rings. The van der Waals surface area contributed by atoms with Gasteiger partial charge in [0, 0.05) is 6.54 Å². The lowest BCUT2D eigenvalue weighted by Gasteiger charge is -2.22. The molecule has 25 heavy (non-hydrogen) atoms. The first-order valence-corrected chi connectivity index (χ1v) is 6.69. The van der Waals surface area contributed by atoms with E-state index in [-0.39, 0.29) is 0 Å². The summed E-state index contributed by atoms with van der Waals surface area (Å²) < 4.78 is 75.0. The van der Waals surface area contributed by atoms with Crippen molar-refractivity contribution in [3.05, 3.63) is 28.1 Å². The molecule has 0 spiro atoms. The quantitative estimate of drug-likeness (QED) is 0.586. The monoisotopic (exact) mass is 370 g/mol. The number of esters is 2. The van der Waals surface area contributed by atoms with Crippen LogP contribution in [0.2, 0.25) is 0 Å². The van der Waals surface area contributed by atoms with Crippen LogP contribution >= 0.6 is 0 Å². The van der Waals surface area contributed by atoms with E-state index in [0.717, 1.165) is 14.2 Å². The lowest BCUT2D eigenvalue weighted by atomic mass is 9.96. The lowest BCUT2D eigenvalue weighted by molar-refractivity contribution is -0.142. The van der Waals surface area contributed by atoms with Gasteiger partial charge in [0.05, 0.1) is 25.3 Å². The van der Waals surface area contributed by atoms with Gasteiger partial charge in [-0.15, -0.1) is 0 Å². The minimum atomic E-state index is -5.22. The van der Waals surface area contributed by atoms with Crippen LogP contribution in [0.25, 0.3) is 0 Å². The van der Waals surface area contributed by atoms with E-state index in [4.69, 9.17) is 0 Å². The van der Waals surface area contributed by atoms with E-state index in [1.165, 1.54) is 19.0 Å². The summed E-state index contributed by atoms with van der Waals surface area (Å²) in [6.07, 6.45) is -8.72. The highest BCUT2D eigenvalue weighted by Gasteiger charge is 2.43. The highest BCUT2D eigenvalue weighted by atomic mass is 19.4. The Labute approximate surface area is 139 Å². The smallest absolute Gasteiger partial charge is 0.434 e. The maximum atomic E-state index is 13.3. The fourth-order valence-electron chi connectivity index (χ4n) is 2.14. The second-order valence-electron chi connectivity index (χ2n) is 5.09. The van der Waals surface area contributed by atoms with Gasteiger partial charge < -0.3 is 14.4 Å². The van der Waals surface area contributed by atoms with E-state index in [1.54, 1.807) is 0 Å². The van der Waals surface area contributed by atoms with Crippen LogP contribution in [0.4, 0.5) is 22.0 Å². The van der Waals surface area contributed by atoms with Gasteiger partial charge in [0.1, 0.15) is 5.69 Å². The van der Waals surface area contributed by atoms with Crippen molar-refractivity contribution >= 4 is 11.9 Å². The third-order valence-electron chi connectivity index (χ3n) is 3.06. The van der Waals surface area contributed by atoms with Gasteiger partial charge in [0.25, 0.3) is 6.43 Å². The van der Waals surface area contributed by atoms with Crippen molar-refractivity contribution in [3.63, 3.8) is 0 Å². The van der Waals surface area contributed by atoms with Crippen molar-refractivity contribution < 1.29 is 41.0 Å². The number of rotatable bonds is 5. The second kappa shape index (κ2) is 7.72. The Morgan fingerprint density at radius 3 is 1.92 bits per heavy atom. The van der Waals surface area contributed by atoms with Crippen LogP contribution < -0.4 is 0 Å². The van der Waals surface area contributed by atoms with Crippen molar-refractivity contribution in [1.29, 1.82) is 0 Å². The summed E-state index contributed by atoms with van der Waals surface area (Å²) >= 11 is 0. The van der Waals surface area contributed by atoms with Crippen LogP contribution in [-0.2, 0) is 22.2 Å². The zero-order chi connectivity index (χ0) is 19.5. The predicted octanol–water partition coefficient (Wildman–Crippen LogP) is 2.67.